The maximum absolute atomic E-state index is 13.5. The van der Waals surface area contributed by atoms with Gasteiger partial charge in [0.25, 0.3) is 10.0 Å². The van der Waals surface area contributed by atoms with Crippen molar-refractivity contribution in [3.05, 3.63) is 41.7 Å². The summed E-state index contributed by atoms with van der Waals surface area (Å²) >= 11 is 1.10. The number of esters is 1. The van der Waals surface area contributed by atoms with Gasteiger partial charge in [-0.25, -0.2) is 23.2 Å². The van der Waals surface area contributed by atoms with Crippen LogP contribution in [0.5, 0.6) is 0 Å². The Hall–Kier alpha value is -3.29. The fourth-order valence-corrected chi connectivity index (χ4v) is 7.83. The van der Waals surface area contributed by atoms with Gasteiger partial charge in [-0.3, -0.25) is 4.79 Å². The average Bonchev–Trinajstić information content (AvgIpc) is 3.70. The van der Waals surface area contributed by atoms with Gasteiger partial charge in [0.05, 0.1) is 12.8 Å². The molecule has 2 saturated heterocycles. The number of fused-ring (bicyclic) bond motifs is 1. The lowest BCUT2D eigenvalue weighted by molar-refractivity contribution is -0.153. The molecular weight excluding hydrogens is 552 g/mol. The molecule has 3 aromatic rings. The van der Waals surface area contributed by atoms with Crippen molar-refractivity contribution in [3.8, 4) is 0 Å². The molecule has 0 saturated carbocycles. The molecule has 0 bridgehead atoms. The number of hydrogen-bond donors (Lipinski definition) is 2. The van der Waals surface area contributed by atoms with Gasteiger partial charge in [-0.1, -0.05) is 24.3 Å². The van der Waals surface area contributed by atoms with Crippen molar-refractivity contribution in [1.82, 2.24) is 19.6 Å². The molecule has 40 heavy (non-hydrogen) atoms. The number of aromatic nitrogens is 2. The van der Waals surface area contributed by atoms with Gasteiger partial charge in [-0.15, -0.1) is 0 Å². The molecule has 0 aliphatic carbocycles. The highest BCUT2D eigenvalue weighted by atomic mass is 32.2. The first-order valence-corrected chi connectivity index (χ1v) is 15.9. The van der Waals surface area contributed by atoms with Gasteiger partial charge in [-0.2, -0.15) is 4.72 Å². The summed E-state index contributed by atoms with van der Waals surface area (Å²) in [5, 5.41) is 2.39. The number of carbonyl (C=O) groups excluding carboxylic acids is 2. The lowest BCUT2D eigenvalue weighted by atomic mass is 9.94. The molecule has 3 N–H and O–H groups in total. The molecule has 0 radical (unpaired) electrons. The summed E-state index contributed by atoms with van der Waals surface area (Å²) < 4.78 is 34.3. The molecular formula is C27H34N6O5S2. The van der Waals surface area contributed by atoms with E-state index in [1.807, 2.05) is 25.1 Å². The number of sulfonamides is 1. The quantitative estimate of drug-likeness (QED) is 0.342. The van der Waals surface area contributed by atoms with Crippen LogP contribution in [-0.4, -0.2) is 73.5 Å². The summed E-state index contributed by atoms with van der Waals surface area (Å²) in [6.07, 6.45) is 6.25. The zero-order valence-corrected chi connectivity index (χ0v) is 24.3. The number of likely N-dealkylation sites (tertiary alicyclic amines) is 1. The summed E-state index contributed by atoms with van der Waals surface area (Å²) in [5.41, 5.74) is 7.97. The molecule has 13 heteroatoms. The molecule has 4 heterocycles. The van der Waals surface area contributed by atoms with E-state index >= 15 is 0 Å². The third kappa shape index (κ3) is 5.63. The Labute approximate surface area is 237 Å². The van der Waals surface area contributed by atoms with Crippen LogP contribution in [0.3, 0.4) is 0 Å². The smallest absolute Gasteiger partial charge is 0.329 e. The number of anilines is 2. The minimum absolute atomic E-state index is 0.0695. The van der Waals surface area contributed by atoms with Crippen LogP contribution in [0.15, 0.2) is 34.8 Å². The van der Waals surface area contributed by atoms with Crippen molar-refractivity contribution >= 4 is 55.0 Å². The Morgan fingerprint density at radius 2 is 1.98 bits per heavy atom. The molecule has 214 valence electrons. The third-order valence-corrected chi connectivity index (χ3v) is 10.5. The second-order valence-electron chi connectivity index (χ2n) is 10.0. The standard InChI is InChI=1S/C27H34N6O5S2/c1-3-17-14-20-18(7-9-29-24(20)28)13-19(17)15-22(26(35)38-4-2)33-12-8-21(25(33)34)31-40(36,37)23-16-30-27(39-23)32-10-5-6-11-32/h7,9,13-14,16,21-22,31H,3-6,8,10-12,15H2,1-2H3,(H2,28,29). The number of rotatable bonds is 10. The molecule has 2 unspecified atom stereocenters. The second-order valence-corrected chi connectivity index (χ2v) is 13.0. The number of carbonyl (C=O) groups is 2. The molecule has 2 aromatic heterocycles. The van der Waals surface area contributed by atoms with E-state index in [9.17, 15) is 18.0 Å². The third-order valence-electron chi connectivity index (χ3n) is 7.50. The number of nitrogens with zero attached hydrogens (tertiary/aromatic N) is 4. The Balaban J connectivity index is 1.36. The molecule has 2 aliphatic heterocycles. The largest absolute Gasteiger partial charge is 0.464 e. The summed E-state index contributed by atoms with van der Waals surface area (Å²) in [7, 11) is -3.96. The van der Waals surface area contributed by atoms with Gasteiger partial charge in [0.1, 0.15) is 17.9 Å². The first-order valence-electron chi connectivity index (χ1n) is 13.6. The molecule has 1 aromatic carbocycles. The molecule has 11 nitrogen and oxygen atoms in total. The van der Waals surface area contributed by atoms with Gasteiger partial charge >= 0.3 is 5.97 Å². The summed E-state index contributed by atoms with van der Waals surface area (Å²) in [5.74, 6) is -0.536. The normalized spacial score (nSPS) is 18.6. The van der Waals surface area contributed by atoms with Crippen LogP contribution in [0, 0.1) is 0 Å². The van der Waals surface area contributed by atoms with E-state index in [1.165, 1.54) is 11.1 Å². The highest BCUT2D eigenvalue weighted by Crippen LogP contribution is 2.30. The minimum atomic E-state index is -3.96. The van der Waals surface area contributed by atoms with Crippen molar-refractivity contribution in [2.75, 3.05) is 36.9 Å². The van der Waals surface area contributed by atoms with Crippen molar-refractivity contribution < 1.29 is 22.7 Å². The first-order chi connectivity index (χ1) is 19.2. The molecule has 5 rings (SSSR count). The zero-order valence-electron chi connectivity index (χ0n) is 22.6. The highest BCUT2D eigenvalue weighted by molar-refractivity contribution is 7.91. The number of aryl methyl sites for hydroxylation is 1. The summed E-state index contributed by atoms with van der Waals surface area (Å²) in [4.78, 5) is 38.6. The van der Waals surface area contributed by atoms with Gasteiger partial charge in [0, 0.05) is 37.6 Å². The van der Waals surface area contributed by atoms with Gasteiger partial charge in [0.2, 0.25) is 5.91 Å². The summed E-state index contributed by atoms with van der Waals surface area (Å²) in [6.45, 7) is 5.82. The number of nitrogens with two attached hydrogens (primary N) is 1. The molecule has 0 spiro atoms. The fraction of sp³-hybridized carbons (Fsp3) is 0.481. The predicted molar refractivity (Wildman–Crippen MR) is 154 cm³/mol. The van der Waals surface area contributed by atoms with E-state index in [4.69, 9.17) is 10.5 Å². The lowest BCUT2D eigenvalue weighted by Gasteiger charge is -2.27. The van der Waals surface area contributed by atoms with E-state index in [2.05, 4.69) is 19.6 Å². The highest BCUT2D eigenvalue weighted by Gasteiger charge is 2.42. The van der Waals surface area contributed by atoms with E-state index in [-0.39, 0.29) is 30.2 Å². The topological polar surface area (TPSA) is 148 Å². The van der Waals surface area contributed by atoms with Crippen molar-refractivity contribution in [1.29, 1.82) is 0 Å². The number of hydrogen-bond acceptors (Lipinski definition) is 10. The Bertz CT molecular complexity index is 1520. The van der Waals surface area contributed by atoms with Crippen LogP contribution in [0.1, 0.15) is 44.2 Å². The number of benzene rings is 1. The van der Waals surface area contributed by atoms with E-state index < -0.39 is 34.0 Å². The molecule has 2 fully saturated rings. The van der Waals surface area contributed by atoms with Crippen LogP contribution in [0.2, 0.25) is 0 Å². The Kier molecular flexibility index (Phi) is 8.24. The number of pyridine rings is 1. The van der Waals surface area contributed by atoms with E-state index in [0.29, 0.717) is 17.4 Å². The Morgan fingerprint density at radius 3 is 2.70 bits per heavy atom. The maximum atomic E-state index is 13.5. The predicted octanol–water partition coefficient (Wildman–Crippen LogP) is 2.49. The minimum Gasteiger partial charge on any atom is -0.464 e. The molecule has 2 atom stereocenters. The number of thiazole rings is 1. The zero-order chi connectivity index (χ0) is 28.4. The van der Waals surface area contributed by atoms with E-state index in [1.54, 1.807) is 13.1 Å². The van der Waals surface area contributed by atoms with Gasteiger partial charge in [0.15, 0.2) is 9.34 Å². The molecule has 1 amide bonds. The number of nitrogen functional groups attached to an aromatic ring is 1. The number of ether oxygens (including phenoxy) is 1. The van der Waals surface area contributed by atoms with Gasteiger partial charge in [-0.05, 0) is 61.3 Å². The maximum Gasteiger partial charge on any atom is 0.329 e. The van der Waals surface area contributed by atoms with Crippen LogP contribution in [0.25, 0.3) is 10.8 Å². The first kappa shape index (κ1) is 28.2. The second kappa shape index (κ2) is 11.7. The monoisotopic (exact) mass is 586 g/mol. The van der Waals surface area contributed by atoms with E-state index in [0.717, 1.165) is 59.2 Å². The average molecular weight is 587 g/mol. The number of nitrogens with one attached hydrogen (secondary N) is 1. The van der Waals surface area contributed by atoms with Gasteiger partial charge < -0.3 is 20.3 Å². The van der Waals surface area contributed by atoms with Crippen molar-refractivity contribution in [2.45, 2.75) is 62.2 Å². The van der Waals surface area contributed by atoms with Crippen molar-refractivity contribution in [2.24, 2.45) is 0 Å². The van der Waals surface area contributed by atoms with Crippen LogP contribution >= 0.6 is 11.3 Å². The van der Waals surface area contributed by atoms with Crippen LogP contribution in [-0.2, 0) is 37.2 Å². The molecule has 2 aliphatic rings. The lowest BCUT2D eigenvalue weighted by Crippen LogP contribution is -2.48. The fourth-order valence-electron chi connectivity index (χ4n) is 5.42. The van der Waals surface area contributed by atoms with Crippen LogP contribution < -0.4 is 15.4 Å². The Morgan fingerprint density at radius 1 is 1.20 bits per heavy atom. The van der Waals surface area contributed by atoms with Crippen LogP contribution in [0.4, 0.5) is 10.9 Å². The summed E-state index contributed by atoms with van der Waals surface area (Å²) in [6, 6.07) is 3.93. The SMILES string of the molecule is CCOC(=O)C(Cc1cc2ccnc(N)c2cc1CC)N1CCC(NS(=O)(=O)c2cnc(N3CCCC3)s2)C1=O. The van der Waals surface area contributed by atoms with Crippen molar-refractivity contribution in [3.63, 3.8) is 0 Å². The number of amides is 1.